The molecule has 2 nitrogen and oxygen atoms in total. The van der Waals surface area contributed by atoms with Crippen LogP contribution >= 0.6 is 11.8 Å². The lowest BCUT2D eigenvalue weighted by Gasteiger charge is -2.33. The maximum Gasteiger partial charge on any atom is 0.137 e. The van der Waals surface area contributed by atoms with E-state index in [4.69, 9.17) is 4.98 Å². The standard InChI is InChI=1S/C45H32N2S/c1-5-15-33(16-6-1)29-39(35-19-9-3-10-20-35)37-24-26-41-43(31-37)48-44-32-38(25-27-42(44)47(41)45-23-13-14-28-46-45)40(36-21-11-4-12-22-36)30-34-17-7-2-8-18-34/h1-32H. The molecule has 0 amide bonds. The Labute approximate surface area is 286 Å². The monoisotopic (exact) mass is 632 g/mol. The zero-order valence-electron chi connectivity index (χ0n) is 26.3. The lowest BCUT2D eigenvalue weighted by molar-refractivity contribution is 1.11. The topological polar surface area (TPSA) is 16.1 Å². The van der Waals surface area contributed by atoms with Crippen molar-refractivity contribution in [3.8, 4) is 0 Å². The normalized spacial score (nSPS) is 12.7. The molecule has 0 unspecified atom stereocenters. The molecular weight excluding hydrogens is 601 g/mol. The van der Waals surface area contributed by atoms with Gasteiger partial charge in [0.1, 0.15) is 5.82 Å². The Morgan fingerprint density at radius 1 is 0.438 bits per heavy atom. The predicted octanol–water partition coefficient (Wildman–Crippen LogP) is 12.2. The van der Waals surface area contributed by atoms with Gasteiger partial charge in [0.2, 0.25) is 0 Å². The van der Waals surface area contributed by atoms with Crippen molar-refractivity contribution < 1.29 is 0 Å². The van der Waals surface area contributed by atoms with Crippen LogP contribution in [0.5, 0.6) is 0 Å². The molecule has 1 aliphatic rings. The Morgan fingerprint density at radius 2 is 0.875 bits per heavy atom. The number of aromatic nitrogens is 1. The van der Waals surface area contributed by atoms with E-state index in [-0.39, 0.29) is 0 Å². The molecule has 0 saturated heterocycles. The van der Waals surface area contributed by atoms with Crippen molar-refractivity contribution in [3.05, 3.63) is 216 Å². The highest BCUT2D eigenvalue weighted by atomic mass is 32.2. The molecule has 3 heteroatoms. The second-order valence-electron chi connectivity index (χ2n) is 11.7. The van der Waals surface area contributed by atoms with Crippen LogP contribution in [0.15, 0.2) is 192 Å². The highest BCUT2D eigenvalue weighted by Crippen LogP contribution is 2.52. The smallest absolute Gasteiger partial charge is 0.137 e. The van der Waals surface area contributed by atoms with Crippen molar-refractivity contribution in [2.24, 2.45) is 0 Å². The van der Waals surface area contributed by atoms with Gasteiger partial charge in [0, 0.05) is 16.0 Å². The van der Waals surface area contributed by atoms with Gasteiger partial charge in [-0.05, 0) is 93.1 Å². The van der Waals surface area contributed by atoms with E-state index in [0.29, 0.717) is 0 Å². The first kappa shape index (κ1) is 29.5. The fourth-order valence-corrected chi connectivity index (χ4v) is 7.35. The Morgan fingerprint density at radius 3 is 1.31 bits per heavy atom. The van der Waals surface area contributed by atoms with E-state index in [1.165, 1.54) is 54.3 Å². The number of benzene rings is 6. The van der Waals surface area contributed by atoms with E-state index >= 15 is 0 Å². The number of hydrogen-bond acceptors (Lipinski definition) is 3. The molecule has 0 atom stereocenters. The van der Waals surface area contributed by atoms with Crippen LogP contribution in [0.2, 0.25) is 0 Å². The third kappa shape index (κ3) is 6.12. The highest BCUT2D eigenvalue weighted by Gasteiger charge is 2.27. The lowest BCUT2D eigenvalue weighted by atomic mass is 9.94. The van der Waals surface area contributed by atoms with Gasteiger partial charge in [-0.3, -0.25) is 4.90 Å². The van der Waals surface area contributed by atoms with Gasteiger partial charge in [0.15, 0.2) is 0 Å². The first-order valence-corrected chi connectivity index (χ1v) is 16.9. The Balaban J connectivity index is 1.28. The molecule has 0 spiro atoms. The molecule has 0 aliphatic carbocycles. The maximum atomic E-state index is 4.82. The average molecular weight is 633 g/mol. The van der Waals surface area contributed by atoms with Gasteiger partial charge >= 0.3 is 0 Å². The van der Waals surface area contributed by atoms with E-state index in [1.807, 2.05) is 24.0 Å². The summed E-state index contributed by atoms with van der Waals surface area (Å²) in [5.74, 6) is 0.895. The van der Waals surface area contributed by atoms with Crippen LogP contribution in [0, 0.1) is 0 Å². The minimum atomic E-state index is 0.895. The second kappa shape index (κ2) is 13.4. The van der Waals surface area contributed by atoms with Crippen LogP contribution in [0.3, 0.4) is 0 Å². The van der Waals surface area contributed by atoms with Gasteiger partial charge in [-0.15, -0.1) is 0 Å². The Hall–Kier alpha value is -5.90. The summed E-state index contributed by atoms with van der Waals surface area (Å²) in [7, 11) is 0. The molecular formula is C45H32N2S. The fraction of sp³-hybridized carbons (Fsp3) is 0. The molecule has 228 valence electrons. The van der Waals surface area contributed by atoms with E-state index in [1.54, 1.807) is 0 Å². The van der Waals surface area contributed by atoms with E-state index in [9.17, 15) is 0 Å². The molecule has 8 rings (SSSR count). The van der Waals surface area contributed by atoms with Crippen LogP contribution in [0.1, 0.15) is 33.4 Å². The van der Waals surface area contributed by atoms with Gasteiger partial charge in [-0.2, -0.15) is 0 Å². The number of nitrogens with zero attached hydrogens (tertiary/aromatic N) is 2. The van der Waals surface area contributed by atoms with Crippen LogP contribution in [-0.4, -0.2) is 4.98 Å². The molecule has 6 aromatic carbocycles. The molecule has 0 N–H and O–H groups in total. The summed E-state index contributed by atoms with van der Waals surface area (Å²) in [6.45, 7) is 0. The van der Waals surface area contributed by atoms with Crippen molar-refractivity contribution in [1.29, 1.82) is 0 Å². The van der Waals surface area contributed by atoms with Crippen LogP contribution < -0.4 is 4.90 Å². The summed E-state index contributed by atoms with van der Waals surface area (Å²) in [4.78, 5) is 9.48. The largest absolute Gasteiger partial charge is 0.293 e. The zero-order valence-corrected chi connectivity index (χ0v) is 27.1. The van der Waals surface area contributed by atoms with Crippen LogP contribution in [0.4, 0.5) is 17.2 Å². The summed E-state index contributed by atoms with van der Waals surface area (Å²) in [6, 6.07) is 62.2. The maximum absolute atomic E-state index is 4.82. The van der Waals surface area contributed by atoms with Crippen LogP contribution in [-0.2, 0) is 0 Å². The third-order valence-corrected chi connectivity index (χ3v) is 9.61. The molecule has 48 heavy (non-hydrogen) atoms. The van der Waals surface area contributed by atoms with Crippen molar-refractivity contribution in [1.82, 2.24) is 4.98 Å². The zero-order chi connectivity index (χ0) is 32.1. The van der Waals surface area contributed by atoms with Gasteiger partial charge < -0.3 is 0 Å². The van der Waals surface area contributed by atoms with E-state index in [2.05, 4.69) is 187 Å². The summed E-state index contributed by atoms with van der Waals surface area (Å²) in [5.41, 5.74) is 11.7. The van der Waals surface area contributed by atoms with Crippen molar-refractivity contribution in [2.45, 2.75) is 9.79 Å². The number of rotatable bonds is 7. The van der Waals surface area contributed by atoms with Gasteiger partial charge in [0.25, 0.3) is 0 Å². The molecule has 0 saturated carbocycles. The summed E-state index contributed by atoms with van der Waals surface area (Å²) >= 11 is 1.82. The Bertz CT molecular complexity index is 2090. The third-order valence-electron chi connectivity index (χ3n) is 8.51. The Kier molecular flexibility index (Phi) is 8.27. The highest BCUT2D eigenvalue weighted by molar-refractivity contribution is 7.99. The van der Waals surface area contributed by atoms with E-state index < -0.39 is 0 Å². The van der Waals surface area contributed by atoms with Crippen LogP contribution in [0.25, 0.3) is 23.3 Å². The van der Waals surface area contributed by atoms with Gasteiger partial charge in [0.05, 0.1) is 11.4 Å². The van der Waals surface area contributed by atoms with Crippen molar-refractivity contribution in [3.63, 3.8) is 0 Å². The number of hydrogen-bond donors (Lipinski definition) is 0. The molecule has 7 aromatic rings. The molecule has 0 radical (unpaired) electrons. The summed E-state index contributed by atoms with van der Waals surface area (Å²) < 4.78 is 0. The van der Waals surface area contributed by atoms with Gasteiger partial charge in [-0.25, -0.2) is 4.98 Å². The van der Waals surface area contributed by atoms with Crippen molar-refractivity contribution >= 4 is 52.3 Å². The second-order valence-corrected chi connectivity index (χ2v) is 12.7. The molecule has 0 fully saturated rings. The quantitative estimate of drug-likeness (QED) is 0.163. The summed E-state index contributed by atoms with van der Waals surface area (Å²) in [6.07, 6.45) is 6.44. The van der Waals surface area contributed by atoms with Gasteiger partial charge in [-0.1, -0.05) is 151 Å². The molecule has 0 bridgehead atoms. The molecule has 1 aromatic heterocycles. The first-order chi connectivity index (χ1) is 23.8. The number of pyridine rings is 1. The SMILES string of the molecule is C(=C(c1ccccc1)c1ccc2c(c1)Sc1cc(C(=Cc3ccccc3)c3ccccc3)ccc1N2c1ccccn1)c1ccccc1. The summed E-state index contributed by atoms with van der Waals surface area (Å²) in [5, 5.41) is 0. The minimum absolute atomic E-state index is 0.895. The predicted molar refractivity (Wildman–Crippen MR) is 203 cm³/mol. The minimum Gasteiger partial charge on any atom is -0.293 e. The molecule has 2 heterocycles. The first-order valence-electron chi connectivity index (χ1n) is 16.1. The van der Waals surface area contributed by atoms with Crippen molar-refractivity contribution in [2.75, 3.05) is 4.90 Å². The number of anilines is 3. The lowest BCUT2D eigenvalue weighted by Crippen LogP contribution is -2.16. The molecule has 1 aliphatic heterocycles. The average Bonchev–Trinajstić information content (AvgIpc) is 3.16. The number of fused-ring (bicyclic) bond motifs is 2. The van der Waals surface area contributed by atoms with E-state index in [0.717, 1.165) is 17.2 Å². The fourth-order valence-electron chi connectivity index (χ4n) is 6.21.